The number of fused-ring (bicyclic) bond motifs is 1. The van der Waals surface area contributed by atoms with E-state index in [4.69, 9.17) is 0 Å². The number of hydrogen-bond acceptors (Lipinski definition) is 4. The lowest BCUT2D eigenvalue weighted by Crippen LogP contribution is -2.39. The molecule has 0 aliphatic carbocycles. The number of aromatic nitrogens is 2. The fourth-order valence-electron chi connectivity index (χ4n) is 2.94. The maximum absolute atomic E-state index is 12.5. The highest BCUT2D eigenvalue weighted by Gasteiger charge is 2.30. The van der Waals surface area contributed by atoms with Crippen molar-refractivity contribution in [1.82, 2.24) is 20.8 Å². The molecule has 0 saturated carbocycles. The molecule has 1 saturated heterocycles. The molecule has 0 spiro atoms. The number of rotatable bonds is 3. The molecular formula is C17H17N5O. The lowest BCUT2D eigenvalue weighted by molar-refractivity contribution is -0.117. The van der Waals surface area contributed by atoms with E-state index in [1.54, 1.807) is 6.20 Å². The van der Waals surface area contributed by atoms with Crippen LogP contribution in [0.1, 0.15) is 18.0 Å². The first-order valence-electron chi connectivity index (χ1n) is 7.59. The van der Waals surface area contributed by atoms with Crippen LogP contribution in [0.4, 0.5) is 5.69 Å². The zero-order chi connectivity index (χ0) is 15.6. The van der Waals surface area contributed by atoms with E-state index in [1.807, 2.05) is 48.8 Å². The second-order valence-corrected chi connectivity index (χ2v) is 5.65. The summed E-state index contributed by atoms with van der Waals surface area (Å²) in [5, 5.41) is 4.02. The van der Waals surface area contributed by atoms with Gasteiger partial charge in [0, 0.05) is 35.5 Å². The number of carbonyl (C=O) groups excluding carboxylic acids is 1. The molecule has 2 atom stereocenters. The van der Waals surface area contributed by atoms with Gasteiger partial charge in [-0.25, -0.2) is 10.9 Å². The predicted molar refractivity (Wildman–Crippen MR) is 88.6 cm³/mol. The van der Waals surface area contributed by atoms with Gasteiger partial charge in [-0.1, -0.05) is 12.1 Å². The number of anilines is 1. The van der Waals surface area contributed by atoms with E-state index >= 15 is 0 Å². The van der Waals surface area contributed by atoms with Gasteiger partial charge in [-0.3, -0.25) is 9.78 Å². The second-order valence-electron chi connectivity index (χ2n) is 5.65. The van der Waals surface area contributed by atoms with Crippen LogP contribution in [-0.4, -0.2) is 21.9 Å². The summed E-state index contributed by atoms with van der Waals surface area (Å²) in [7, 11) is 0. The highest BCUT2D eigenvalue weighted by molar-refractivity contribution is 6.03. The van der Waals surface area contributed by atoms with E-state index < -0.39 is 0 Å². The summed E-state index contributed by atoms with van der Waals surface area (Å²) < 4.78 is 0. The lowest BCUT2D eigenvalue weighted by Gasteiger charge is -2.11. The molecule has 3 aromatic rings. The largest absolute Gasteiger partial charge is 0.361 e. The molecule has 116 valence electrons. The normalized spacial score (nSPS) is 20.7. The highest BCUT2D eigenvalue weighted by atomic mass is 16.2. The van der Waals surface area contributed by atoms with Crippen molar-refractivity contribution in [3.8, 4) is 0 Å². The van der Waals surface area contributed by atoms with Crippen LogP contribution in [0.15, 0.2) is 55.0 Å². The Hall–Kier alpha value is -2.70. The van der Waals surface area contributed by atoms with E-state index in [1.165, 1.54) is 0 Å². The fourth-order valence-corrected chi connectivity index (χ4v) is 2.94. The third-order valence-electron chi connectivity index (χ3n) is 4.16. The fraction of sp³-hybridized carbons (Fsp3) is 0.176. The Labute approximate surface area is 133 Å². The smallest absolute Gasteiger partial charge is 0.242 e. The van der Waals surface area contributed by atoms with E-state index in [-0.39, 0.29) is 18.0 Å². The molecule has 6 nitrogen and oxygen atoms in total. The van der Waals surface area contributed by atoms with Crippen molar-refractivity contribution in [2.45, 2.75) is 18.5 Å². The number of nitrogens with one attached hydrogen (secondary N) is 4. The Morgan fingerprint density at radius 1 is 1.17 bits per heavy atom. The molecule has 1 aliphatic heterocycles. The first kappa shape index (κ1) is 13.9. The lowest BCUT2D eigenvalue weighted by atomic mass is 10.0. The third-order valence-corrected chi connectivity index (χ3v) is 4.16. The number of aromatic amines is 1. The monoisotopic (exact) mass is 307 g/mol. The summed E-state index contributed by atoms with van der Waals surface area (Å²) in [6, 6.07) is 11.5. The minimum absolute atomic E-state index is 0.0439. The second kappa shape index (κ2) is 5.83. The van der Waals surface area contributed by atoms with Crippen LogP contribution in [-0.2, 0) is 4.79 Å². The van der Waals surface area contributed by atoms with Gasteiger partial charge in [-0.05, 0) is 36.2 Å². The topological polar surface area (TPSA) is 81.8 Å². The number of hydrazine groups is 1. The molecule has 1 fully saturated rings. The molecule has 1 aliphatic rings. The molecule has 0 bridgehead atoms. The molecule has 1 amide bonds. The Kier molecular flexibility index (Phi) is 3.53. The molecule has 2 aromatic heterocycles. The van der Waals surface area contributed by atoms with Gasteiger partial charge in [-0.2, -0.15) is 0 Å². The van der Waals surface area contributed by atoms with Crippen LogP contribution in [0.2, 0.25) is 0 Å². The molecule has 2 unspecified atom stereocenters. The summed E-state index contributed by atoms with van der Waals surface area (Å²) >= 11 is 0. The van der Waals surface area contributed by atoms with Crippen LogP contribution in [0.25, 0.3) is 10.9 Å². The predicted octanol–water partition coefficient (Wildman–Crippen LogP) is 2.11. The molecule has 0 radical (unpaired) electrons. The first-order chi connectivity index (χ1) is 11.3. The van der Waals surface area contributed by atoms with Crippen LogP contribution >= 0.6 is 0 Å². The Morgan fingerprint density at radius 3 is 3.00 bits per heavy atom. The minimum Gasteiger partial charge on any atom is -0.361 e. The van der Waals surface area contributed by atoms with E-state index in [0.29, 0.717) is 6.42 Å². The zero-order valence-corrected chi connectivity index (χ0v) is 12.4. The van der Waals surface area contributed by atoms with Crippen molar-refractivity contribution in [1.29, 1.82) is 0 Å². The van der Waals surface area contributed by atoms with Crippen molar-refractivity contribution in [2.75, 3.05) is 5.32 Å². The van der Waals surface area contributed by atoms with Gasteiger partial charge in [0.15, 0.2) is 0 Å². The summed E-state index contributed by atoms with van der Waals surface area (Å²) in [5.41, 5.74) is 9.13. The van der Waals surface area contributed by atoms with Crippen LogP contribution in [0.3, 0.4) is 0 Å². The zero-order valence-electron chi connectivity index (χ0n) is 12.4. The van der Waals surface area contributed by atoms with Gasteiger partial charge >= 0.3 is 0 Å². The van der Waals surface area contributed by atoms with Gasteiger partial charge in [-0.15, -0.1) is 0 Å². The van der Waals surface area contributed by atoms with Gasteiger partial charge in [0.05, 0.1) is 5.69 Å². The van der Waals surface area contributed by atoms with Crippen LogP contribution in [0.5, 0.6) is 0 Å². The molecule has 23 heavy (non-hydrogen) atoms. The van der Waals surface area contributed by atoms with E-state index in [9.17, 15) is 4.79 Å². The van der Waals surface area contributed by atoms with Crippen molar-refractivity contribution < 1.29 is 4.79 Å². The highest BCUT2D eigenvalue weighted by Crippen LogP contribution is 2.25. The van der Waals surface area contributed by atoms with Crippen LogP contribution < -0.4 is 16.2 Å². The number of pyridine rings is 1. The summed E-state index contributed by atoms with van der Waals surface area (Å²) in [6.45, 7) is 0. The first-order valence-corrected chi connectivity index (χ1v) is 7.59. The van der Waals surface area contributed by atoms with E-state index in [0.717, 1.165) is 22.2 Å². The minimum atomic E-state index is -0.283. The molecule has 4 rings (SSSR count). The number of amides is 1. The van der Waals surface area contributed by atoms with Gasteiger partial charge in [0.1, 0.15) is 6.04 Å². The number of benzene rings is 1. The third kappa shape index (κ3) is 2.69. The Bertz CT molecular complexity index is 829. The van der Waals surface area contributed by atoms with Gasteiger partial charge in [0.2, 0.25) is 5.91 Å². The summed E-state index contributed by atoms with van der Waals surface area (Å²) in [6.07, 6.45) is 6.11. The molecule has 4 N–H and O–H groups in total. The summed E-state index contributed by atoms with van der Waals surface area (Å²) in [5.74, 6) is -0.0439. The number of carbonyl (C=O) groups is 1. The Morgan fingerprint density at radius 2 is 2.13 bits per heavy atom. The average Bonchev–Trinajstić information content (AvgIpc) is 3.25. The van der Waals surface area contributed by atoms with Gasteiger partial charge in [0.25, 0.3) is 0 Å². The van der Waals surface area contributed by atoms with Crippen molar-refractivity contribution in [3.05, 3.63) is 60.6 Å². The number of hydrogen-bond donors (Lipinski definition) is 4. The maximum atomic E-state index is 12.5. The standard InChI is InChI=1S/C17H17N5O/c23-17(20-14-5-1-4-13-12(14)6-8-19-13)16-9-15(21-22-16)11-3-2-7-18-10-11/h1-8,10,15-16,19,21-22H,9H2,(H,20,23). The molecule has 3 heterocycles. The van der Waals surface area contributed by atoms with Crippen LogP contribution in [0, 0.1) is 0 Å². The molecule has 6 heteroatoms. The summed E-state index contributed by atoms with van der Waals surface area (Å²) in [4.78, 5) is 19.8. The number of H-pyrrole nitrogens is 1. The SMILES string of the molecule is O=C(Nc1cccc2[nH]ccc12)C1CC(c2cccnc2)NN1. The average molecular weight is 307 g/mol. The Balaban J connectivity index is 1.47. The van der Waals surface area contributed by atoms with E-state index in [2.05, 4.69) is 26.1 Å². The van der Waals surface area contributed by atoms with Crippen molar-refractivity contribution >= 4 is 22.5 Å². The molecular weight excluding hydrogens is 290 g/mol. The van der Waals surface area contributed by atoms with Crippen molar-refractivity contribution in [2.24, 2.45) is 0 Å². The quantitative estimate of drug-likeness (QED) is 0.597. The van der Waals surface area contributed by atoms with Gasteiger partial charge < -0.3 is 10.3 Å². The maximum Gasteiger partial charge on any atom is 0.242 e. The number of nitrogens with zero attached hydrogens (tertiary/aromatic N) is 1. The molecule has 1 aromatic carbocycles. The van der Waals surface area contributed by atoms with Crippen molar-refractivity contribution in [3.63, 3.8) is 0 Å².